The molecule has 0 fully saturated rings. The first-order valence-electron chi connectivity index (χ1n) is 10.4. The highest BCUT2D eigenvalue weighted by Gasteiger charge is 2.30. The molecule has 3 heterocycles. The first-order valence-corrected chi connectivity index (χ1v) is 10.4. The van der Waals surface area contributed by atoms with Crippen LogP contribution in [-0.2, 0) is 13.1 Å². The monoisotopic (exact) mass is 458 g/mol. The molecule has 1 aliphatic heterocycles. The lowest BCUT2D eigenvalue weighted by Crippen LogP contribution is -2.41. The molecule has 170 valence electrons. The maximum absolute atomic E-state index is 13.9. The first kappa shape index (κ1) is 21.1. The van der Waals surface area contributed by atoms with Crippen molar-refractivity contribution in [3.8, 4) is 17.3 Å². The minimum absolute atomic E-state index is 0.100. The maximum atomic E-state index is 13.9. The highest BCUT2D eigenvalue weighted by atomic mass is 19.1. The largest absolute Gasteiger partial charge is 0.365 e. The number of H-pyrrole nitrogens is 1. The van der Waals surface area contributed by atoms with Crippen molar-refractivity contribution < 1.29 is 14.0 Å². The van der Waals surface area contributed by atoms with E-state index in [9.17, 15) is 14.0 Å². The summed E-state index contributed by atoms with van der Waals surface area (Å²) >= 11 is 0. The zero-order valence-electron chi connectivity index (χ0n) is 18.1. The van der Waals surface area contributed by atoms with E-state index in [1.54, 1.807) is 16.9 Å². The summed E-state index contributed by atoms with van der Waals surface area (Å²) in [4.78, 5) is 26.8. The van der Waals surface area contributed by atoms with Crippen LogP contribution in [0.1, 0.15) is 27.2 Å². The predicted molar refractivity (Wildman–Crippen MR) is 121 cm³/mol. The summed E-state index contributed by atoms with van der Waals surface area (Å²) in [5.41, 5.74) is 9.66. The van der Waals surface area contributed by atoms with Gasteiger partial charge in [0.25, 0.3) is 5.91 Å². The summed E-state index contributed by atoms with van der Waals surface area (Å²) in [7, 11) is 0. The highest BCUT2D eigenvalue weighted by molar-refractivity contribution is 6.01. The van der Waals surface area contributed by atoms with Crippen LogP contribution in [0.3, 0.4) is 0 Å². The quantitative estimate of drug-likeness (QED) is 0.432. The molecule has 0 aliphatic carbocycles. The molecule has 2 aromatic carbocycles. The van der Waals surface area contributed by atoms with Crippen LogP contribution in [0.2, 0.25) is 0 Å². The van der Waals surface area contributed by atoms with E-state index >= 15 is 0 Å². The van der Waals surface area contributed by atoms with Crippen molar-refractivity contribution in [3.63, 3.8) is 0 Å². The Labute approximate surface area is 192 Å². The van der Waals surface area contributed by atoms with Gasteiger partial charge in [0.15, 0.2) is 0 Å². The number of fused-ring (bicyclic) bond motifs is 2. The summed E-state index contributed by atoms with van der Waals surface area (Å²) < 4.78 is 15.6. The summed E-state index contributed by atoms with van der Waals surface area (Å²) in [5.74, 6) is -1.36. The molecule has 0 unspecified atom stereocenters. The Hall–Kier alpha value is -4.72. The molecular weight excluding hydrogens is 439 g/mol. The molecule has 34 heavy (non-hydrogen) atoms. The third-order valence-electron chi connectivity index (χ3n) is 5.87. The normalized spacial score (nSPS) is 12.9. The summed E-state index contributed by atoms with van der Waals surface area (Å²) in [6, 6.07) is 8.90. The third-order valence-corrected chi connectivity index (χ3v) is 5.87. The van der Waals surface area contributed by atoms with Crippen molar-refractivity contribution in [2.45, 2.75) is 20.0 Å². The molecule has 0 atom stereocenters. The second kappa shape index (κ2) is 8.00. The fraction of sp³-hybridized carbons (Fsp3) is 0.174. The van der Waals surface area contributed by atoms with Gasteiger partial charge < -0.3 is 16.0 Å². The van der Waals surface area contributed by atoms with Crippen molar-refractivity contribution in [2.75, 3.05) is 11.9 Å². The van der Waals surface area contributed by atoms with Crippen LogP contribution in [0.5, 0.6) is 0 Å². The van der Waals surface area contributed by atoms with Crippen LogP contribution in [0, 0.1) is 24.1 Å². The van der Waals surface area contributed by atoms with E-state index in [0.29, 0.717) is 24.5 Å². The Kier molecular flexibility index (Phi) is 4.98. The molecule has 5 rings (SSSR count). The van der Waals surface area contributed by atoms with Gasteiger partial charge in [-0.3, -0.25) is 14.6 Å². The molecule has 3 amide bonds. The van der Waals surface area contributed by atoms with Crippen LogP contribution in [-0.4, -0.2) is 43.4 Å². The number of aromatic nitrogens is 4. The van der Waals surface area contributed by atoms with Gasteiger partial charge in [-0.25, -0.2) is 9.18 Å². The molecule has 2 aromatic heterocycles. The summed E-state index contributed by atoms with van der Waals surface area (Å²) in [6.07, 6.45) is 1.70. The number of primary amides is 1. The minimum Gasteiger partial charge on any atom is -0.365 e. The molecule has 0 spiro atoms. The number of nitrogens with zero attached hydrogens (tertiary/aromatic N) is 5. The average molecular weight is 458 g/mol. The van der Waals surface area contributed by atoms with Crippen LogP contribution in [0.15, 0.2) is 36.5 Å². The second-order valence-electron chi connectivity index (χ2n) is 8.04. The smallest absolute Gasteiger partial charge is 0.322 e. The van der Waals surface area contributed by atoms with E-state index in [2.05, 4.69) is 20.6 Å². The van der Waals surface area contributed by atoms with Gasteiger partial charge in [0.2, 0.25) is 0 Å². The topological polar surface area (TPSA) is 146 Å². The van der Waals surface area contributed by atoms with E-state index in [1.165, 1.54) is 17.0 Å². The van der Waals surface area contributed by atoms with Crippen LogP contribution >= 0.6 is 0 Å². The number of carbonyl (C=O) groups is 2. The lowest BCUT2D eigenvalue weighted by Gasteiger charge is -2.28. The molecule has 0 saturated carbocycles. The standard InChI is InChI=1S/C23H19FN8O2/c1-12-6-14(7-15-10-27-29-20(12)15)21-19(22(26)33)18-11-31(4-5-32(18)30-21)23(34)28-16-3-2-13(9-25)17(24)8-16/h2-3,6-8,10H,4-5,11H2,1H3,(H2,26,33)(H,27,29)(H,28,34). The Morgan fingerprint density at radius 2 is 2.09 bits per heavy atom. The Balaban J connectivity index is 1.46. The minimum atomic E-state index is -0.720. The van der Waals surface area contributed by atoms with Gasteiger partial charge in [-0.05, 0) is 42.8 Å². The fourth-order valence-electron chi connectivity index (χ4n) is 4.21. The van der Waals surface area contributed by atoms with E-state index in [1.807, 2.05) is 19.1 Å². The molecule has 4 N–H and O–H groups in total. The second-order valence-corrected chi connectivity index (χ2v) is 8.04. The number of anilines is 1. The van der Waals surface area contributed by atoms with Crippen molar-refractivity contribution in [1.82, 2.24) is 24.9 Å². The highest BCUT2D eigenvalue weighted by Crippen LogP contribution is 2.31. The van der Waals surface area contributed by atoms with Gasteiger partial charge in [-0.2, -0.15) is 15.5 Å². The molecule has 0 radical (unpaired) electrons. The molecule has 11 heteroatoms. The number of halogens is 1. The van der Waals surface area contributed by atoms with Crippen molar-refractivity contribution in [3.05, 3.63) is 64.7 Å². The fourth-order valence-corrected chi connectivity index (χ4v) is 4.21. The van der Waals surface area contributed by atoms with Crippen molar-refractivity contribution in [2.24, 2.45) is 5.73 Å². The lowest BCUT2D eigenvalue weighted by molar-refractivity contribution is 0.0997. The van der Waals surface area contributed by atoms with Gasteiger partial charge in [-0.15, -0.1) is 0 Å². The lowest BCUT2D eigenvalue weighted by atomic mass is 10.0. The summed E-state index contributed by atoms with van der Waals surface area (Å²) in [6.45, 7) is 2.72. The van der Waals surface area contributed by atoms with Gasteiger partial charge >= 0.3 is 6.03 Å². The van der Waals surface area contributed by atoms with Crippen LogP contribution < -0.4 is 11.1 Å². The van der Waals surface area contributed by atoms with Crippen LogP contribution in [0.25, 0.3) is 22.2 Å². The Morgan fingerprint density at radius 3 is 2.82 bits per heavy atom. The van der Waals surface area contributed by atoms with Gasteiger partial charge in [0.1, 0.15) is 17.6 Å². The van der Waals surface area contributed by atoms with Crippen molar-refractivity contribution >= 4 is 28.5 Å². The van der Waals surface area contributed by atoms with Crippen LogP contribution in [0.4, 0.5) is 14.9 Å². The van der Waals surface area contributed by atoms with Gasteiger partial charge in [-0.1, -0.05) is 0 Å². The maximum Gasteiger partial charge on any atom is 0.322 e. The predicted octanol–water partition coefficient (Wildman–Crippen LogP) is 2.89. The number of hydrogen-bond acceptors (Lipinski definition) is 5. The van der Waals surface area contributed by atoms with Gasteiger partial charge in [0, 0.05) is 23.2 Å². The number of nitrogens with two attached hydrogens (primary N) is 1. The van der Waals surface area contributed by atoms with E-state index in [-0.39, 0.29) is 23.4 Å². The molecule has 4 aromatic rings. The number of nitriles is 1. The number of amides is 3. The molecule has 10 nitrogen and oxygen atoms in total. The number of rotatable bonds is 3. The zero-order chi connectivity index (χ0) is 24.0. The molecule has 0 bridgehead atoms. The summed E-state index contributed by atoms with van der Waals surface area (Å²) in [5, 5.41) is 24.0. The molecule has 1 aliphatic rings. The zero-order valence-corrected chi connectivity index (χ0v) is 18.1. The molecule has 0 saturated heterocycles. The van der Waals surface area contributed by atoms with Crippen molar-refractivity contribution in [1.29, 1.82) is 5.26 Å². The SMILES string of the molecule is Cc1cc(-c2nn3c(c2C(N)=O)CN(C(=O)Nc2ccc(C#N)c(F)c2)CC3)cc2cn[nH]c12. The average Bonchev–Trinajstić information content (AvgIpc) is 3.43. The third kappa shape index (κ3) is 3.51. The number of hydrogen-bond donors (Lipinski definition) is 3. The number of aryl methyl sites for hydroxylation is 1. The Bertz CT molecular complexity index is 1510. The first-order chi connectivity index (χ1) is 16.4. The number of benzene rings is 2. The number of nitrogens with one attached hydrogen (secondary N) is 2. The number of urea groups is 1. The number of aromatic amines is 1. The molecular formula is C23H19FN8O2. The van der Waals surface area contributed by atoms with E-state index < -0.39 is 17.8 Å². The number of carbonyl (C=O) groups excluding carboxylic acids is 2. The van der Waals surface area contributed by atoms with E-state index in [0.717, 1.165) is 28.1 Å². The van der Waals surface area contributed by atoms with E-state index in [4.69, 9.17) is 11.0 Å². The van der Waals surface area contributed by atoms with Gasteiger partial charge in [0.05, 0.1) is 41.6 Å². The Morgan fingerprint density at radius 1 is 1.26 bits per heavy atom.